The number of carboxylic acid groups (broad SMARTS) is 1. The third-order valence-electron chi connectivity index (χ3n) is 2.87. The van der Waals surface area contributed by atoms with Gasteiger partial charge in [0.05, 0.1) is 25.4 Å². The zero-order valence-electron chi connectivity index (χ0n) is 11.6. The lowest BCUT2D eigenvalue weighted by atomic mass is 10.0. The second-order valence-corrected chi connectivity index (χ2v) is 4.06. The minimum absolute atomic E-state index is 0.0116. The Balaban J connectivity index is 3.10. The number of methoxy groups -OCH3 is 1. The Hall–Kier alpha value is -2.31. The number of hydrogen-bond donors (Lipinski definition) is 1. The van der Waals surface area contributed by atoms with Crippen molar-refractivity contribution in [2.75, 3.05) is 13.7 Å². The number of esters is 2. The maximum Gasteiger partial charge on any atom is 0.355 e. The fraction of sp³-hybridized carbons (Fsp3) is 0.462. The van der Waals surface area contributed by atoms with E-state index >= 15 is 0 Å². The molecule has 1 aromatic rings. The van der Waals surface area contributed by atoms with Gasteiger partial charge in [0.2, 0.25) is 0 Å². The summed E-state index contributed by atoms with van der Waals surface area (Å²) in [6.07, 6.45) is 0.148. The molecule has 1 heterocycles. The maximum absolute atomic E-state index is 11.7. The number of aromatic amines is 1. The number of aromatic nitrogens is 1. The lowest BCUT2D eigenvalue weighted by molar-refractivity contribution is -0.255. The largest absolute Gasteiger partial charge is 0.543 e. The van der Waals surface area contributed by atoms with E-state index in [0.717, 1.165) is 0 Å². The van der Waals surface area contributed by atoms with Crippen LogP contribution in [0.5, 0.6) is 0 Å². The van der Waals surface area contributed by atoms with E-state index in [9.17, 15) is 19.5 Å². The number of ether oxygens (including phenoxy) is 2. The molecule has 20 heavy (non-hydrogen) atoms. The monoisotopic (exact) mass is 282 g/mol. The first kappa shape index (κ1) is 15.7. The number of carboxylic acids is 1. The van der Waals surface area contributed by atoms with Gasteiger partial charge in [-0.05, 0) is 31.4 Å². The van der Waals surface area contributed by atoms with E-state index in [2.05, 4.69) is 9.72 Å². The van der Waals surface area contributed by atoms with E-state index in [0.29, 0.717) is 11.1 Å². The molecule has 0 aliphatic heterocycles. The van der Waals surface area contributed by atoms with Gasteiger partial charge in [0, 0.05) is 6.42 Å². The molecule has 110 valence electrons. The number of carbonyl (C=O) groups excluding carboxylic acids is 3. The van der Waals surface area contributed by atoms with Crippen LogP contribution in [0.15, 0.2) is 0 Å². The van der Waals surface area contributed by atoms with Crippen LogP contribution < -0.4 is 5.11 Å². The molecule has 0 amide bonds. The molecule has 0 fully saturated rings. The van der Waals surface area contributed by atoms with Crippen LogP contribution in [0, 0.1) is 6.92 Å². The second-order valence-electron chi connectivity index (χ2n) is 4.06. The smallest absolute Gasteiger partial charge is 0.355 e. The summed E-state index contributed by atoms with van der Waals surface area (Å²) in [6.45, 7) is 3.41. The summed E-state index contributed by atoms with van der Waals surface area (Å²) in [5.41, 5.74) is 0.630. The van der Waals surface area contributed by atoms with Gasteiger partial charge in [0.1, 0.15) is 5.69 Å². The fourth-order valence-electron chi connectivity index (χ4n) is 1.86. The predicted octanol–water partition coefficient (Wildman–Crippen LogP) is -0.0311. The number of nitrogens with one attached hydrogen (secondary N) is 1. The zero-order chi connectivity index (χ0) is 15.3. The number of rotatable bonds is 6. The van der Waals surface area contributed by atoms with Gasteiger partial charge in [0.25, 0.3) is 0 Å². The minimum atomic E-state index is -1.44. The van der Waals surface area contributed by atoms with Crippen LogP contribution in [-0.2, 0) is 20.7 Å². The lowest BCUT2D eigenvalue weighted by Crippen LogP contribution is -2.24. The van der Waals surface area contributed by atoms with Crippen molar-refractivity contribution in [1.29, 1.82) is 0 Å². The molecule has 1 rings (SSSR count). The van der Waals surface area contributed by atoms with Crippen molar-refractivity contribution >= 4 is 17.9 Å². The van der Waals surface area contributed by atoms with Crippen LogP contribution in [0.25, 0.3) is 0 Å². The van der Waals surface area contributed by atoms with Crippen LogP contribution in [0.2, 0.25) is 0 Å². The Morgan fingerprint density at radius 1 is 1.25 bits per heavy atom. The summed E-state index contributed by atoms with van der Waals surface area (Å²) >= 11 is 0. The molecule has 1 N–H and O–H groups in total. The first-order chi connectivity index (χ1) is 9.42. The Bertz CT molecular complexity index is 531. The third kappa shape index (κ3) is 3.37. The molecule has 0 atom stereocenters. The number of hydrogen-bond acceptors (Lipinski definition) is 6. The highest BCUT2D eigenvalue weighted by Gasteiger charge is 2.21. The molecule has 0 saturated heterocycles. The number of H-pyrrole nitrogens is 1. The molecule has 7 heteroatoms. The quantitative estimate of drug-likeness (QED) is 0.734. The summed E-state index contributed by atoms with van der Waals surface area (Å²) in [7, 11) is 1.25. The van der Waals surface area contributed by atoms with Crippen LogP contribution in [0.4, 0.5) is 0 Å². The molecule has 0 aromatic carbocycles. The minimum Gasteiger partial charge on any atom is -0.543 e. The van der Waals surface area contributed by atoms with Crippen molar-refractivity contribution in [2.45, 2.75) is 26.7 Å². The summed E-state index contributed by atoms with van der Waals surface area (Å²) in [5.74, 6) is -2.55. The highest BCUT2D eigenvalue weighted by atomic mass is 16.5. The number of carbonyl (C=O) groups is 3. The molecular formula is C13H16NO6-. The third-order valence-corrected chi connectivity index (χ3v) is 2.87. The summed E-state index contributed by atoms with van der Waals surface area (Å²) in [6, 6.07) is 0. The molecule has 0 aliphatic carbocycles. The lowest BCUT2D eigenvalue weighted by Gasteiger charge is -2.05. The molecule has 0 saturated carbocycles. The van der Waals surface area contributed by atoms with Crippen molar-refractivity contribution in [2.24, 2.45) is 0 Å². The normalized spacial score (nSPS) is 10.2. The van der Waals surface area contributed by atoms with Crippen molar-refractivity contribution in [3.05, 3.63) is 22.5 Å². The Kier molecular flexibility index (Phi) is 5.31. The van der Waals surface area contributed by atoms with Gasteiger partial charge < -0.3 is 24.4 Å². The summed E-state index contributed by atoms with van der Waals surface area (Å²) in [4.78, 5) is 36.4. The van der Waals surface area contributed by atoms with Crippen molar-refractivity contribution in [1.82, 2.24) is 4.98 Å². The molecule has 0 radical (unpaired) electrons. The fourth-order valence-corrected chi connectivity index (χ4v) is 1.86. The molecule has 0 aliphatic rings. The van der Waals surface area contributed by atoms with Crippen molar-refractivity contribution in [3.8, 4) is 0 Å². The average molecular weight is 282 g/mol. The van der Waals surface area contributed by atoms with E-state index in [1.165, 1.54) is 7.11 Å². The van der Waals surface area contributed by atoms with Crippen LogP contribution in [0.1, 0.15) is 45.4 Å². The van der Waals surface area contributed by atoms with Crippen molar-refractivity contribution in [3.63, 3.8) is 0 Å². The van der Waals surface area contributed by atoms with Gasteiger partial charge in [-0.3, -0.25) is 4.79 Å². The van der Waals surface area contributed by atoms with E-state index in [1.54, 1.807) is 13.8 Å². The molecular weight excluding hydrogens is 266 g/mol. The van der Waals surface area contributed by atoms with Gasteiger partial charge in [-0.1, -0.05) is 0 Å². The Morgan fingerprint density at radius 2 is 1.90 bits per heavy atom. The van der Waals surface area contributed by atoms with E-state index in [4.69, 9.17) is 4.74 Å². The Labute approximate surface area is 115 Å². The predicted molar refractivity (Wildman–Crippen MR) is 66.2 cm³/mol. The first-order valence-electron chi connectivity index (χ1n) is 6.09. The molecule has 0 bridgehead atoms. The standard InChI is InChI=1S/C13H17NO6/c1-4-20-13(18)10-7(2)8(5-6-9(15)19-3)11(14-10)12(16)17/h14H,4-6H2,1-3H3,(H,16,17)/p-1. The molecule has 0 spiro atoms. The van der Waals surface area contributed by atoms with Gasteiger partial charge in [-0.15, -0.1) is 0 Å². The van der Waals surface area contributed by atoms with Crippen LogP contribution in [-0.4, -0.2) is 36.6 Å². The van der Waals surface area contributed by atoms with Gasteiger partial charge in [0.15, 0.2) is 0 Å². The topological polar surface area (TPSA) is 109 Å². The molecule has 7 nitrogen and oxygen atoms in total. The summed E-state index contributed by atoms with van der Waals surface area (Å²) < 4.78 is 9.33. The molecule has 0 unspecified atom stereocenters. The average Bonchev–Trinajstić information content (AvgIpc) is 2.73. The maximum atomic E-state index is 11.7. The van der Waals surface area contributed by atoms with E-state index in [1.807, 2.05) is 0 Å². The Morgan fingerprint density at radius 3 is 2.40 bits per heavy atom. The van der Waals surface area contributed by atoms with Crippen molar-refractivity contribution < 1.29 is 29.0 Å². The molecule has 1 aromatic heterocycles. The summed E-state index contributed by atoms with van der Waals surface area (Å²) in [5, 5.41) is 11.1. The van der Waals surface area contributed by atoms with Gasteiger partial charge >= 0.3 is 11.9 Å². The SMILES string of the molecule is CCOC(=O)c1[nH]c(C(=O)[O-])c(CCC(=O)OC)c1C. The van der Waals surface area contributed by atoms with E-state index in [-0.39, 0.29) is 30.8 Å². The highest BCUT2D eigenvalue weighted by molar-refractivity contribution is 5.94. The van der Waals surface area contributed by atoms with Crippen LogP contribution >= 0.6 is 0 Å². The van der Waals surface area contributed by atoms with Gasteiger partial charge in [-0.25, -0.2) is 4.79 Å². The first-order valence-corrected chi connectivity index (χ1v) is 6.09. The van der Waals surface area contributed by atoms with Gasteiger partial charge in [-0.2, -0.15) is 0 Å². The zero-order valence-corrected chi connectivity index (χ0v) is 11.6. The number of aromatic carboxylic acids is 1. The van der Waals surface area contributed by atoms with Crippen LogP contribution in [0.3, 0.4) is 0 Å². The highest BCUT2D eigenvalue weighted by Crippen LogP contribution is 2.21. The second kappa shape index (κ2) is 6.74. The van der Waals surface area contributed by atoms with E-state index < -0.39 is 17.9 Å².